The Morgan fingerprint density at radius 1 is 1.27 bits per heavy atom. The maximum absolute atomic E-state index is 14.5. The number of fused-ring (bicyclic) bond motifs is 1. The van der Waals surface area contributed by atoms with Gasteiger partial charge in [0, 0.05) is 34.6 Å². The topological polar surface area (TPSA) is 4.93 Å². The summed E-state index contributed by atoms with van der Waals surface area (Å²) >= 11 is 12.7. The monoisotopic (exact) mass is 397 g/mol. The highest BCUT2D eigenvalue weighted by molar-refractivity contribution is 6.36. The number of aryl methyl sites for hydroxylation is 1. The van der Waals surface area contributed by atoms with Crippen LogP contribution in [0.5, 0.6) is 0 Å². The number of hydrogen-bond donors (Lipinski definition) is 0. The van der Waals surface area contributed by atoms with Crippen LogP contribution in [0.3, 0.4) is 0 Å². The lowest BCUT2D eigenvalue weighted by molar-refractivity contribution is 0.221. The van der Waals surface area contributed by atoms with Gasteiger partial charge in [-0.2, -0.15) is 0 Å². The van der Waals surface area contributed by atoms with Crippen LogP contribution >= 0.6 is 23.2 Å². The average Bonchev–Trinajstić information content (AvgIpc) is 2.87. The van der Waals surface area contributed by atoms with Crippen molar-refractivity contribution in [2.45, 2.75) is 39.8 Å². The van der Waals surface area contributed by atoms with E-state index in [1.807, 2.05) is 18.5 Å². The molecule has 0 spiro atoms. The van der Waals surface area contributed by atoms with Crippen LogP contribution in [0.1, 0.15) is 39.0 Å². The maximum atomic E-state index is 14.5. The van der Waals surface area contributed by atoms with Crippen molar-refractivity contribution >= 4 is 34.1 Å². The van der Waals surface area contributed by atoms with E-state index in [4.69, 9.17) is 23.2 Å². The second-order valence-corrected chi connectivity index (χ2v) is 7.73. The van der Waals surface area contributed by atoms with Gasteiger partial charge < -0.3 is 4.57 Å². The number of hydrogen-bond acceptors (Lipinski definition) is 0. The predicted octanol–water partition coefficient (Wildman–Crippen LogP) is 7.28. The molecule has 0 unspecified atom stereocenters. The zero-order valence-electron chi connectivity index (χ0n) is 15.7. The van der Waals surface area contributed by atoms with Crippen LogP contribution in [0.25, 0.3) is 10.9 Å². The van der Waals surface area contributed by atoms with Gasteiger partial charge in [0.2, 0.25) is 0 Å². The summed E-state index contributed by atoms with van der Waals surface area (Å²) in [6.45, 7) is 10.3. The molecule has 0 N–H and O–H groups in total. The summed E-state index contributed by atoms with van der Waals surface area (Å²) in [7, 11) is 1.82. The molecule has 1 nitrogen and oxygen atoms in total. The Balaban J connectivity index is 2.64. The molecule has 0 atom stereocenters. The highest BCUT2D eigenvalue weighted by atomic mass is 35.5. The van der Waals surface area contributed by atoms with Crippen molar-refractivity contribution in [2.24, 2.45) is 7.05 Å². The SMILES string of the molecule is C=C(C)/C(Cl)=C(Cc1cc2c(F)cc(C(C)(C)F)cc2n1C)\C(Cl)=C/C. The molecule has 1 aromatic heterocycles. The van der Waals surface area contributed by atoms with E-state index in [-0.39, 0.29) is 0 Å². The number of nitrogens with zero attached hydrogens (tertiary/aromatic N) is 1. The highest BCUT2D eigenvalue weighted by Crippen LogP contribution is 2.34. The third-order valence-corrected chi connectivity index (χ3v) is 5.43. The van der Waals surface area contributed by atoms with E-state index < -0.39 is 11.5 Å². The largest absolute Gasteiger partial charge is 0.347 e. The van der Waals surface area contributed by atoms with Gasteiger partial charge in [-0.3, -0.25) is 0 Å². The zero-order valence-corrected chi connectivity index (χ0v) is 17.2. The molecule has 2 aromatic rings. The first-order chi connectivity index (χ1) is 12.0. The van der Waals surface area contributed by atoms with Crippen LogP contribution in [-0.2, 0) is 19.1 Å². The summed E-state index contributed by atoms with van der Waals surface area (Å²) in [6.07, 6.45) is 2.17. The number of rotatable bonds is 5. The highest BCUT2D eigenvalue weighted by Gasteiger charge is 2.23. The molecular weight excluding hydrogens is 375 g/mol. The van der Waals surface area contributed by atoms with Crippen molar-refractivity contribution in [1.82, 2.24) is 4.57 Å². The predicted molar refractivity (Wildman–Crippen MR) is 108 cm³/mol. The number of benzene rings is 1. The Hall–Kier alpha value is -1.58. The van der Waals surface area contributed by atoms with E-state index in [0.717, 1.165) is 11.3 Å². The second kappa shape index (κ2) is 7.58. The van der Waals surface area contributed by atoms with E-state index in [0.29, 0.717) is 38.5 Å². The summed E-state index contributed by atoms with van der Waals surface area (Å²) in [5.41, 5.74) is 1.55. The van der Waals surface area contributed by atoms with Gasteiger partial charge in [-0.25, -0.2) is 8.78 Å². The standard InChI is InChI=1S/C21H23Cl2F2N/c1-7-17(22)15(20(23)12(2)3)10-14-11-16-18(24)8-13(21(4,5)25)9-19(16)26(14)6/h7-9,11H,2,10H2,1,3-6H3/b17-7+,20-15+. The fraction of sp³-hybridized carbons (Fsp3) is 0.333. The Morgan fingerprint density at radius 2 is 1.88 bits per heavy atom. The lowest BCUT2D eigenvalue weighted by Crippen LogP contribution is -2.09. The third kappa shape index (κ3) is 4.05. The molecule has 0 saturated heterocycles. The summed E-state index contributed by atoms with van der Waals surface area (Å²) in [5.74, 6) is -0.446. The van der Waals surface area contributed by atoms with E-state index >= 15 is 0 Å². The second-order valence-electron chi connectivity index (χ2n) is 6.94. The minimum atomic E-state index is -1.62. The van der Waals surface area contributed by atoms with Gasteiger partial charge in [0.25, 0.3) is 0 Å². The number of allylic oxidation sites excluding steroid dienone is 5. The molecule has 0 radical (unpaired) electrons. The Kier molecular flexibility index (Phi) is 6.04. The van der Waals surface area contributed by atoms with Crippen molar-refractivity contribution in [1.29, 1.82) is 0 Å². The molecule has 0 bridgehead atoms. The number of aromatic nitrogens is 1. The fourth-order valence-corrected chi connectivity index (χ4v) is 3.21. The molecular formula is C21H23Cl2F2N. The van der Waals surface area contributed by atoms with Crippen molar-refractivity contribution in [3.63, 3.8) is 0 Å². The molecule has 0 aliphatic heterocycles. The summed E-state index contributed by atoms with van der Waals surface area (Å²) in [5, 5.41) is 1.46. The molecule has 5 heteroatoms. The number of halogens is 4. The van der Waals surface area contributed by atoms with Crippen LogP contribution in [0, 0.1) is 5.82 Å². The minimum absolute atomic E-state index is 0.303. The van der Waals surface area contributed by atoms with Crippen molar-refractivity contribution < 1.29 is 8.78 Å². The van der Waals surface area contributed by atoms with Crippen LogP contribution < -0.4 is 0 Å². The zero-order chi connectivity index (χ0) is 19.8. The molecule has 0 aliphatic rings. The maximum Gasteiger partial charge on any atom is 0.132 e. The first-order valence-electron chi connectivity index (χ1n) is 8.31. The van der Waals surface area contributed by atoms with Crippen LogP contribution in [-0.4, -0.2) is 4.57 Å². The van der Waals surface area contributed by atoms with E-state index in [9.17, 15) is 8.78 Å². The third-order valence-electron chi connectivity index (χ3n) is 4.44. The van der Waals surface area contributed by atoms with Gasteiger partial charge in [-0.15, -0.1) is 0 Å². The first kappa shape index (κ1) is 20.7. The van der Waals surface area contributed by atoms with E-state index in [1.54, 1.807) is 25.1 Å². The minimum Gasteiger partial charge on any atom is -0.347 e. The molecule has 140 valence electrons. The quantitative estimate of drug-likeness (QED) is 0.467. The summed E-state index contributed by atoms with van der Waals surface area (Å²) in [4.78, 5) is 0. The molecule has 0 aliphatic carbocycles. The van der Waals surface area contributed by atoms with Crippen LogP contribution in [0.15, 0.2) is 52.1 Å². The molecule has 26 heavy (non-hydrogen) atoms. The lowest BCUT2D eigenvalue weighted by Gasteiger charge is -2.15. The van der Waals surface area contributed by atoms with Crippen molar-refractivity contribution in [3.8, 4) is 0 Å². The van der Waals surface area contributed by atoms with Crippen molar-refractivity contribution in [2.75, 3.05) is 0 Å². The Morgan fingerprint density at radius 3 is 2.38 bits per heavy atom. The molecule has 0 saturated carbocycles. The normalized spacial score (nSPS) is 14.0. The molecule has 0 amide bonds. The van der Waals surface area contributed by atoms with E-state index in [1.165, 1.54) is 19.9 Å². The lowest BCUT2D eigenvalue weighted by atomic mass is 9.99. The molecule has 0 fully saturated rings. The van der Waals surface area contributed by atoms with Gasteiger partial charge in [-0.1, -0.05) is 35.9 Å². The molecule has 1 heterocycles. The van der Waals surface area contributed by atoms with Crippen LogP contribution in [0.4, 0.5) is 8.78 Å². The Labute approximate surface area is 163 Å². The Bertz CT molecular complexity index is 928. The summed E-state index contributed by atoms with van der Waals surface area (Å²) < 4.78 is 30.7. The number of alkyl halides is 1. The van der Waals surface area contributed by atoms with E-state index in [2.05, 4.69) is 6.58 Å². The fourth-order valence-electron chi connectivity index (χ4n) is 2.83. The smallest absolute Gasteiger partial charge is 0.132 e. The first-order valence-corrected chi connectivity index (χ1v) is 9.07. The molecule has 1 aromatic carbocycles. The van der Waals surface area contributed by atoms with Gasteiger partial charge in [0.15, 0.2) is 0 Å². The van der Waals surface area contributed by atoms with Crippen LogP contribution in [0.2, 0.25) is 0 Å². The van der Waals surface area contributed by atoms with Gasteiger partial charge >= 0.3 is 0 Å². The summed E-state index contributed by atoms with van der Waals surface area (Å²) in [6, 6.07) is 4.69. The molecule has 2 rings (SSSR count). The van der Waals surface area contributed by atoms with Gasteiger partial charge in [0.1, 0.15) is 11.5 Å². The average molecular weight is 398 g/mol. The van der Waals surface area contributed by atoms with Gasteiger partial charge in [-0.05, 0) is 62.6 Å². The van der Waals surface area contributed by atoms with Gasteiger partial charge in [0.05, 0.1) is 5.52 Å². The van der Waals surface area contributed by atoms with Crippen molar-refractivity contribution in [3.05, 3.63) is 69.1 Å².